The van der Waals surface area contributed by atoms with Gasteiger partial charge >= 0.3 is 0 Å². The highest BCUT2D eigenvalue weighted by Crippen LogP contribution is 2.30. The monoisotopic (exact) mass is 449 g/mol. The van der Waals surface area contributed by atoms with Crippen molar-refractivity contribution in [2.75, 3.05) is 30.3 Å². The Morgan fingerprint density at radius 2 is 1.93 bits per heavy atom. The van der Waals surface area contributed by atoms with E-state index in [0.29, 0.717) is 27.1 Å². The number of likely N-dealkylation sites (N-methyl/N-ethyl adjacent to an activating group) is 1. The van der Waals surface area contributed by atoms with Gasteiger partial charge in [0, 0.05) is 28.7 Å². The zero-order chi connectivity index (χ0) is 20.4. The summed E-state index contributed by atoms with van der Waals surface area (Å²) >= 11 is 18.4. The van der Waals surface area contributed by atoms with E-state index in [1.807, 2.05) is 24.3 Å². The third-order valence-electron chi connectivity index (χ3n) is 5.13. The zero-order valence-electron chi connectivity index (χ0n) is 16.1. The van der Waals surface area contributed by atoms with Gasteiger partial charge in [-0.1, -0.05) is 41.7 Å². The first-order valence-electron chi connectivity index (χ1n) is 9.70. The molecule has 2 heterocycles. The molecule has 1 aromatic heterocycles. The fourth-order valence-corrected chi connectivity index (χ4v) is 4.09. The number of nitrogens with one attached hydrogen (secondary N) is 2. The molecule has 0 amide bonds. The van der Waals surface area contributed by atoms with Crippen LogP contribution in [0.2, 0.25) is 15.1 Å². The SMILES string of the molecule is CCN1CCC[C@@H](Nc2nc(Nc3ccc(Cl)c(Cl)c3)nc3ccc(Cl)cc23)C1. The van der Waals surface area contributed by atoms with Crippen LogP contribution in [-0.2, 0) is 0 Å². The molecule has 0 unspecified atom stereocenters. The number of fused-ring (bicyclic) bond motifs is 1. The third-order valence-corrected chi connectivity index (χ3v) is 6.10. The summed E-state index contributed by atoms with van der Waals surface area (Å²) in [6.45, 7) is 5.40. The maximum atomic E-state index is 6.25. The standard InChI is InChI=1S/C21H22Cl3N5/c1-2-29-9-3-4-15(12-29)25-20-16-10-13(22)5-8-19(16)27-21(28-20)26-14-6-7-17(23)18(24)11-14/h5-8,10-11,15H,2-4,9,12H2,1H3,(H2,25,26,27,28)/t15-/m1/s1. The summed E-state index contributed by atoms with van der Waals surface area (Å²) in [5, 5.41) is 9.40. The van der Waals surface area contributed by atoms with Crippen LogP contribution in [0.15, 0.2) is 36.4 Å². The maximum Gasteiger partial charge on any atom is 0.229 e. The number of hydrogen-bond donors (Lipinski definition) is 2. The second kappa shape index (κ2) is 8.92. The number of anilines is 3. The maximum absolute atomic E-state index is 6.25. The van der Waals surface area contributed by atoms with Crippen molar-refractivity contribution in [2.24, 2.45) is 0 Å². The molecule has 0 saturated carbocycles. The lowest BCUT2D eigenvalue weighted by Gasteiger charge is -2.32. The van der Waals surface area contributed by atoms with Gasteiger partial charge in [0.1, 0.15) is 5.82 Å². The molecule has 0 spiro atoms. The Balaban J connectivity index is 1.67. The molecule has 1 aliphatic rings. The van der Waals surface area contributed by atoms with E-state index in [1.54, 1.807) is 12.1 Å². The molecular weight excluding hydrogens is 429 g/mol. The average molecular weight is 451 g/mol. The van der Waals surface area contributed by atoms with Gasteiger partial charge in [-0.15, -0.1) is 0 Å². The molecule has 0 bridgehead atoms. The number of nitrogens with zero attached hydrogens (tertiary/aromatic N) is 3. The molecule has 2 aromatic carbocycles. The molecule has 29 heavy (non-hydrogen) atoms. The van der Waals surface area contributed by atoms with E-state index in [1.165, 1.54) is 6.42 Å². The quantitative estimate of drug-likeness (QED) is 0.482. The molecular formula is C21H22Cl3N5. The number of rotatable bonds is 5. The first-order chi connectivity index (χ1) is 14.0. The molecule has 5 nitrogen and oxygen atoms in total. The van der Waals surface area contributed by atoms with E-state index in [-0.39, 0.29) is 0 Å². The number of aromatic nitrogens is 2. The van der Waals surface area contributed by atoms with Crippen LogP contribution in [0.3, 0.4) is 0 Å². The first kappa shape index (κ1) is 20.5. The molecule has 0 radical (unpaired) electrons. The van der Waals surface area contributed by atoms with Crippen molar-refractivity contribution in [2.45, 2.75) is 25.8 Å². The third kappa shape index (κ3) is 4.86. The molecule has 3 aromatic rings. The Kier molecular flexibility index (Phi) is 6.30. The summed E-state index contributed by atoms with van der Waals surface area (Å²) in [6.07, 6.45) is 2.28. The van der Waals surface area contributed by atoms with Gasteiger partial charge in [-0.2, -0.15) is 4.98 Å². The van der Waals surface area contributed by atoms with E-state index in [0.717, 1.165) is 48.5 Å². The van der Waals surface area contributed by atoms with Crippen molar-refractivity contribution in [3.8, 4) is 0 Å². The zero-order valence-corrected chi connectivity index (χ0v) is 18.3. The number of halogens is 3. The van der Waals surface area contributed by atoms with Gasteiger partial charge in [0.15, 0.2) is 0 Å². The molecule has 8 heteroatoms. The molecule has 1 fully saturated rings. The van der Waals surface area contributed by atoms with Crippen molar-refractivity contribution >= 4 is 63.2 Å². The average Bonchev–Trinajstić information content (AvgIpc) is 2.71. The van der Waals surface area contributed by atoms with Crippen LogP contribution < -0.4 is 10.6 Å². The lowest BCUT2D eigenvalue weighted by molar-refractivity contribution is 0.226. The van der Waals surface area contributed by atoms with E-state index in [9.17, 15) is 0 Å². The summed E-state index contributed by atoms with van der Waals surface area (Å²) in [4.78, 5) is 11.8. The molecule has 0 aliphatic carbocycles. The van der Waals surface area contributed by atoms with E-state index in [2.05, 4.69) is 27.4 Å². The lowest BCUT2D eigenvalue weighted by Crippen LogP contribution is -2.42. The van der Waals surface area contributed by atoms with Gasteiger partial charge in [0.2, 0.25) is 5.95 Å². The van der Waals surface area contributed by atoms with Crippen LogP contribution in [0.25, 0.3) is 10.9 Å². The molecule has 1 aliphatic heterocycles. The Morgan fingerprint density at radius 3 is 2.72 bits per heavy atom. The van der Waals surface area contributed by atoms with Crippen molar-refractivity contribution in [3.63, 3.8) is 0 Å². The van der Waals surface area contributed by atoms with Crippen molar-refractivity contribution in [1.82, 2.24) is 14.9 Å². The molecule has 2 N–H and O–H groups in total. The Hall–Kier alpha value is -1.79. The molecule has 1 saturated heterocycles. The predicted octanol–water partition coefficient (Wildman–Crippen LogP) is 6.23. The van der Waals surface area contributed by atoms with Gasteiger partial charge in [-0.25, -0.2) is 4.98 Å². The van der Waals surface area contributed by atoms with Crippen LogP contribution in [-0.4, -0.2) is 40.5 Å². The largest absolute Gasteiger partial charge is 0.365 e. The summed E-state index contributed by atoms with van der Waals surface area (Å²) < 4.78 is 0. The van der Waals surface area contributed by atoms with Gasteiger partial charge in [-0.3, -0.25) is 0 Å². The lowest BCUT2D eigenvalue weighted by atomic mass is 10.1. The fraction of sp³-hybridized carbons (Fsp3) is 0.333. The highest BCUT2D eigenvalue weighted by molar-refractivity contribution is 6.42. The smallest absolute Gasteiger partial charge is 0.229 e. The highest BCUT2D eigenvalue weighted by atomic mass is 35.5. The Morgan fingerprint density at radius 1 is 1.07 bits per heavy atom. The Bertz CT molecular complexity index is 1030. The van der Waals surface area contributed by atoms with Crippen LogP contribution in [0.5, 0.6) is 0 Å². The van der Waals surface area contributed by atoms with Gasteiger partial charge < -0.3 is 15.5 Å². The molecule has 4 rings (SSSR count). The van der Waals surface area contributed by atoms with Crippen molar-refractivity contribution in [1.29, 1.82) is 0 Å². The molecule has 152 valence electrons. The summed E-state index contributed by atoms with van der Waals surface area (Å²) in [7, 11) is 0. The van der Waals surface area contributed by atoms with Crippen molar-refractivity contribution < 1.29 is 0 Å². The van der Waals surface area contributed by atoms with Crippen LogP contribution in [0, 0.1) is 0 Å². The van der Waals surface area contributed by atoms with Crippen LogP contribution >= 0.6 is 34.8 Å². The molecule has 1 atom stereocenters. The van der Waals surface area contributed by atoms with Gasteiger partial charge in [-0.05, 0) is 62.3 Å². The summed E-state index contributed by atoms with van der Waals surface area (Å²) in [6, 6.07) is 11.3. The highest BCUT2D eigenvalue weighted by Gasteiger charge is 2.20. The minimum atomic E-state index is 0.332. The topological polar surface area (TPSA) is 53.1 Å². The Labute approximate surface area is 185 Å². The van der Waals surface area contributed by atoms with E-state index in [4.69, 9.17) is 39.8 Å². The van der Waals surface area contributed by atoms with Gasteiger partial charge in [0.05, 0.1) is 15.6 Å². The number of likely N-dealkylation sites (tertiary alicyclic amines) is 1. The second-order valence-corrected chi connectivity index (χ2v) is 8.44. The van der Waals surface area contributed by atoms with Crippen LogP contribution in [0.1, 0.15) is 19.8 Å². The number of benzene rings is 2. The van der Waals surface area contributed by atoms with E-state index < -0.39 is 0 Å². The summed E-state index contributed by atoms with van der Waals surface area (Å²) in [5.74, 6) is 1.27. The summed E-state index contributed by atoms with van der Waals surface area (Å²) in [5.41, 5.74) is 1.59. The minimum absolute atomic E-state index is 0.332. The normalized spacial score (nSPS) is 17.4. The van der Waals surface area contributed by atoms with E-state index >= 15 is 0 Å². The predicted molar refractivity (Wildman–Crippen MR) is 123 cm³/mol. The van der Waals surface area contributed by atoms with Gasteiger partial charge in [0.25, 0.3) is 0 Å². The second-order valence-electron chi connectivity index (χ2n) is 7.19. The van der Waals surface area contributed by atoms with Crippen molar-refractivity contribution in [3.05, 3.63) is 51.5 Å². The number of hydrogen-bond acceptors (Lipinski definition) is 5. The van der Waals surface area contributed by atoms with Crippen LogP contribution in [0.4, 0.5) is 17.5 Å². The first-order valence-corrected chi connectivity index (χ1v) is 10.8. The number of piperidine rings is 1. The fourth-order valence-electron chi connectivity index (χ4n) is 3.62. The minimum Gasteiger partial charge on any atom is -0.365 e.